The SMILES string of the molecule is Cc1nn(Cc2csc(C(=O)Nc3ccc(F)c(Cl)c3)c2)c(C)c1[N+](=O)[O-]. The predicted molar refractivity (Wildman–Crippen MR) is 101 cm³/mol. The number of carbonyl (C=O) groups is 1. The highest BCUT2D eigenvalue weighted by molar-refractivity contribution is 7.12. The van der Waals surface area contributed by atoms with E-state index in [2.05, 4.69) is 10.4 Å². The van der Waals surface area contributed by atoms with E-state index in [0.29, 0.717) is 28.5 Å². The first-order chi connectivity index (χ1) is 12.8. The molecule has 10 heteroatoms. The first-order valence-corrected chi connectivity index (χ1v) is 9.04. The molecule has 0 radical (unpaired) electrons. The molecule has 0 saturated heterocycles. The van der Waals surface area contributed by atoms with Gasteiger partial charge in [0.05, 0.1) is 21.4 Å². The Bertz CT molecular complexity index is 1050. The first kappa shape index (κ1) is 19.0. The summed E-state index contributed by atoms with van der Waals surface area (Å²) >= 11 is 6.94. The van der Waals surface area contributed by atoms with Gasteiger partial charge in [0, 0.05) is 5.69 Å². The van der Waals surface area contributed by atoms with Gasteiger partial charge < -0.3 is 5.32 Å². The maximum Gasteiger partial charge on any atom is 0.312 e. The fourth-order valence-corrected chi connectivity index (χ4v) is 3.60. The Hall–Kier alpha value is -2.78. The number of aryl methyl sites for hydroxylation is 1. The molecule has 1 aromatic carbocycles. The van der Waals surface area contributed by atoms with E-state index in [-0.39, 0.29) is 16.6 Å². The second-order valence-corrected chi connectivity index (χ2v) is 7.15. The third-order valence-corrected chi connectivity index (χ3v) is 5.18. The Labute approximate surface area is 162 Å². The van der Waals surface area contributed by atoms with Crippen LogP contribution in [0.15, 0.2) is 29.6 Å². The number of nitrogens with one attached hydrogen (secondary N) is 1. The van der Waals surface area contributed by atoms with Crippen molar-refractivity contribution in [1.82, 2.24) is 9.78 Å². The minimum Gasteiger partial charge on any atom is -0.321 e. The number of aromatic nitrogens is 2. The van der Waals surface area contributed by atoms with Gasteiger partial charge in [-0.1, -0.05) is 11.6 Å². The van der Waals surface area contributed by atoms with Crippen molar-refractivity contribution in [2.75, 3.05) is 5.32 Å². The zero-order chi connectivity index (χ0) is 19.7. The standard InChI is InChI=1S/C17H14ClFN4O3S/c1-9-16(23(25)26)10(2)22(21-9)7-11-5-15(27-8-11)17(24)20-12-3-4-14(19)13(18)6-12/h3-6,8H,7H2,1-2H3,(H,20,24). The zero-order valence-corrected chi connectivity index (χ0v) is 15.9. The lowest BCUT2D eigenvalue weighted by atomic mass is 10.2. The Morgan fingerprint density at radius 3 is 2.78 bits per heavy atom. The van der Waals surface area contributed by atoms with Crippen LogP contribution in [0.1, 0.15) is 26.6 Å². The second-order valence-electron chi connectivity index (χ2n) is 5.84. The minimum atomic E-state index is -0.563. The summed E-state index contributed by atoms with van der Waals surface area (Å²) in [6.45, 7) is 3.53. The van der Waals surface area contributed by atoms with E-state index < -0.39 is 10.7 Å². The first-order valence-electron chi connectivity index (χ1n) is 7.78. The Morgan fingerprint density at radius 1 is 1.41 bits per heavy atom. The third-order valence-electron chi connectivity index (χ3n) is 3.91. The van der Waals surface area contributed by atoms with Crippen molar-refractivity contribution < 1.29 is 14.1 Å². The quantitative estimate of drug-likeness (QED) is 0.494. The van der Waals surface area contributed by atoms with Gasteiger partial charge in [-0.15, -0.1) is 11.3 Å². The van der Waals surface area contributed by atoms with Crippen LogP contribution in [-0.4, -0.2) is 20.6 Å². The Kier molecular flexibility index (Phi) is 5.24. The van der Waals surface area contributed by atoms with Crippen LogP contribution >= 0.6 is 22.9 Å². The van der Waals surface area contributed by atoms with Crippen LogP contribution in [0.25, 0.3) is 0 Å². The number of amides is 1. The van der Waals surface area contributed by atoms with E-state index in [4.69, 9.17) is 11.6 Å². The maximum atomic E-state index is 13.2. The molecule has 0 atom stereocenters. The number of benzene rings is 1. The fourth-order valence-electron chi connectivity index (χ4n) is 2.62. The summed E-state index contributed by atoms with van der Waals surface area (Å²) in [6, 6.07) is 5.61. The topological polar surface area (TPSA) is 90.1 Å². The van der Waals surface area contributed by atoms with Gasteiger partial charge in [-0.05, 0) is 49.1 Å². The van der Waals surface area contributed by atoms with Gasteiger partial charge in [-0.3, -0.25) is 19.6 Å². The van der Waals surface area contributed by atoms with Gasteiger partial charge in [0.25, 0.3) is 5.91 Å². The van der Waals surface area contributed by atoms with Gasteiger partial charge in [-0.25, -0.2) is 4.39 Å². The van der Waals surface area contributed by atoms with E-state index in [1.54, 1.807) is 25.3 Å². The number of halogens is 2. The van der Waals surface area contributed by atoms with Crippen LogP contribution in [0.2, 0.25) is 5.02 Å². The van der Waals surface area contributed by atoms with E-state index in [1.807, 2.05) is 0 Å². The Balaban J connectivity index is 1.75. The van der Waals surface area contributed by atoms with Crippen LogP contribution < -0.4 is 5.32 Å². The number of rotatable bonds is 5. The number of thiophene rings is 1. The van der Waals surface area contributed by atoms with E-state index in [9.17, 15) is 19.3 Å². The molecule has 0 aliphatic rings. The van der Waals surface area contributed by atoms with Gasteiger partial charge >= 0.3 is 5.69 Å². The molecule has 1 amide bonds. The van der Waals surface area contributed by atoms with Gasteiger partial charge in [0.1, 0.15) is 17.2 Å². The molecule has 0 saturated carbocycles. The summed E-state index contributed by atoms with van der Waals surface area (Å²) < 4.78 is 14.7. The number of carbonyl (C=O) groups excluding carboxylic acids is 1. The number of hydrogen-bond donors (Lipinski definition) is 1. The number of hydrogen-bond acceptors (Lipinski definition) is 5. The Morgan fingerprint density at radius 2 is 2.15 bits per heavy atom. The highest BCUT2D eigenvalue weighted by Crippen LogP contribution is 2.25. The lowest BCUT2D eigenvalue weighted by Gasteiger charge is -2.04. The number of nitro groups is 1. The lowest BCUT2D eigenvalue weighted by molar-refractivity contribution is -0.386. The van der Waals surface area contributed by atoms with Crippen molar-refractivity contribution in [1.29, 1.82) is 0 Å². The summed E-state index contributed by atoms with van der Waals surface area (Å²) in [5, 5.41) is 19.6. The fraction of sp³-hybridized carbons (Fsp3) is 0.176. The molecule has 1 N–H and O–H groups in total. The number of nitrogens with zero attached hydrogens (tertiary/aromatic N) is 3. The molecule has 2 aromatic heterocycles. The zero-order valence-electron chi connectivity index (χ0n) is 14.3. The molecule has 0 unspecified atom stereocenters. The monoisotopic (exact) mass is 408 g/mol. The van der Waals surface area contributed by atoms with Crippen LogP contribution in [-0.2, 0) is 6.54 Å². The predicted octanol–water partition coefficient (Wildman–Crippen LogP) is 4.56. The molecule has 2 heterocycles. The van der Waals surface area contributed by atoms with Gasteiger partial charge in [-0.2, -0.15) is 5.10 Å². The van der Waals surface area contributed by atoms with Gasteiger partial charge in [0.2, 0.25) is 0 Å². The molecule has 27 heavy (non-hydrogen) atoms. The molecular weight excluding hydrogens is 395 g/mol. The largest absolute Gasteiger partial charge is 0.321 e. The van der Waals surface area contributed by atoms with Crippen molar-refractivity contribution in [2.24, 2.45) is 0 Å². The van der Waals surface area contributed by atoms with Crippen molar-refractivity contribution in [3.05, 3.63) is 72.4 Å². The number of anilines is 1. The van der Waals surface area contributed by atoms with Crippen LogP contribution in [0.3, 0.4) is 0 Å². The lowest BCUT2D eigenvalue weighted by Crippen LogP contribution is -2.10. The normalized spacial score (nSPS) is 10.8. The van der Waals surface area contributed by atoms with E-state index in [0.717, 1.165) is 5.56 Å². The summed E-state index contributed by atoms with van der Waals surface area (Å²) in [5.74, 6) is -0.916. The smallest absolute Gasteiger partial charge is 0.312 e. The summed E-state index contributed by atoms with van der Waals surface area (Å²) in [6.07, 6.45) is 0. The molecular formula is C17H14ClFN4O3S. The molecule has 0 aliphatic heterocycles. The molecule has 3 aromatic rings. The summed E-state index contributed by atoms with van der Waals surface area (Å²) in [4.78, 5) is 23.4. The van der Waals surface area contributed by atoms with Crippen molar-refractivity contribution >= 4 is 40.2 Å². The van der Waals surface area contributed by atoms with E-state index >= 15 is 0 Å². The molecule has 0 aliphatic carbocycles. The maximum absolute atomic E-state index is 13.2. The minimum absolute atomic E-state index is 0.00335. The van der Waals surface area contributed by atoms with Crippen molar-refractivity contribution in [3.63, 3.8) is 0 Å². The molecule has 3 rings (SSSR count). The van der Waals surface area contributed by atoms with Crippen LogP contribution in [0.4, 0.5) is 15.8 Å². The van der Waals surface area contributed by atoms with Crippen molar-refractivity contribution in [2.45, 2.75) is 20.4 Å². The van der Waals surface area contributed by atoms with Gasteiger partial charge in [0.15, 0.2) is 0 Å². The summed E-state index contributed by atoms with van der Waals surface area (Å²) in [7, 11) is 0. The molecule has 0 bridgehead atoms. The van der Waals surface area contributed by atoms with Crippen LogP contribution in [0, 0.1) is 29.8 Å². The second kappa shape index (κ2) is 7.45. The third kappa shape index (κ3) is 3.99. The summed E-state index contributed by atoms with van der Waals surface area (Å²) in [5.41, 5.74) is 1.98. The van der Waals surface area contributed by atoms with Crippen LogP contribution in [0.5, 0.6) is 0 Å². The molecule has 140 valence electrons. The molecule has 0 fully saturated rings. The highest BCUT2D eigenvalue weighted by atomic mass is 35.5. The highest BCUT2D eigenvalue weighted by Gasteiger charge is 2.22. The average molecular weight is 409 g/mol. The average Bonchev–Trinajstić information content (AvgIpc) is 3.16. The molecule has 7 nitrogen and oxygen atoms in total. The van der Waals surface area contributed by atoms with Crippen molar-refractivity contribution in [3.8, 4) is 0 Å². The molecule has 0 spiro atoms. The van der Waals surface area contributed by atoms with E-state index in [1.165, 1.54) is 34.2 Å².